The number of ether oxygens (including phenoxy) is 3. The number of rotatable bonds is 17. The van der Waals surface area contributed by atoms with Crippen LogP contribution in [0.1, 0.15) is 82.0 Å². The first kappa shape index (κ1) is 28.0. The van der Waals surface area contributed by atoms with E-state index in [1.54, 1.807) is 24.3 Å². The minimum Gasteiger partial charge on any atom is -0.493 e. The molecular formula is C29H39BrO4. The lowest BCUT2D eigenvalue weighted by atomic mass is 10.1. The summed E-state index contributed by atoms with van der Waals surface area (Å²) in [6, 6.07) is 12.4. The Morgan fingerprint density at radius 3 is 2.24 bits per heavy atom. The molecule has 2 aromatic carbocycles. The van der Waals surface area contributed by atoms with Crippen molar-refractivity contribution in [2.24, 2.45) is 5.92 Å². The van der Waals surface area contributed by atoms with Crippen LogP contribution < -0.4 is 14.2 Å². The molecule has 0 aliphatic heterocycles. The van der Waals surface area contributed by atoms with Gasteiger partial charge in [0.1, 0.15) is 17.2 Å². The fourth-order valence-electron chi connectivity index (χ4n) is 3.33. The second-order valence-corrected chi connectivity index (χ2v) is 9.59. The van der Waals surface area contributed by atoms with Crippen LogP contribution in [-0.2, 0) is 0 Å². The molecule has 0 saturated carbocycles. The second kappa shape index (κ2) is 16.4. The molecule has 0 aromatic heterocycles. The van der Waals surface area contributed by atoms with Gasteiger partial charge in [-0.2, -0.15) is 0 Å². The molecule has 0 unspecified atom stereocenters. The molecule has 0 heterocycles. The van der Waals surface area contributed by atoms with E-state index < -0.39 is 5.97 Å². The van der Waals surface area contributed by atoms with Gasteiger partial charge in [-0.25, -0.2) is 4.79 Å². The fraction of sp³-hybridized carbons (Fsp3) is 0.483. The van der Waals surface area contributed by atoms with Gasteiger partial charge in [0.25, 0.3) is 0 Å². The van der Waals surface area contributed by atoms with Crippen molar-refractivity contribution in [2.45, 2.75) is 71.6 Å². The molecule has 0 N–H and O–H groups in total. The number of carbonyl (C=O) groups excluding carboxylic acids is 1. The first-order valence-corrected chi connectivity index (χ1v) is 13.3. The van der Waals surface area contributed by atoms with Crippen LogP contribution in [0.5, 0.6) is 17.2 Å². The van der Waals surface area contributed by atoms with Crippen molar-refractivity contribution in [3.8, 4) is 17.2 Å². The molecular weight excluding hydrogens is 492 g/mol. The lowest BCUT2D eigenvalue weighted by Gasteiger charge is -2.12. The van der Waals surface area contributed by atoms with Gasteiger partial charge in [-0.05, 0) is 83.6 Å². The zero-order valence-electron chi connectivity index (χ0n) is 20.7. The summed E-state index contributed by atoms with van der Waals surface area (Å²) in [5.74, 6) is 2.09. The summed E-state index contributed by atoms with van der Waals surface area (Å²) in [5.41, 5.74) is 0.466. The quantitative estimate of drug-likeness (QED) is 0.0886. The summed E-state index contributed by atoms with van der Waals surface area (Å²) in [4.78, 5) is 12.5. The molecule has 5 heteroatoms. The van der Waals surface area contributed by atoms with E-state index in [1.807, 2.05) is 24.3 Å². The van der Waals surface area contributed by atoms with E-state index in [2.05, 4.69) is 36.4 Å². The van der Waals surface area contributed by atoms with Crippen molar-refractivity contribution in [1.82, 2.24) is 0 Å². The van der Waals surface area contributed by atoms with Crippen molar-refractivity contribution in [2.75, 3.05) is 13.2 Å². The van der Waals surface area contributed by atoms with Crippen molar-refractivity contribution in [3.05, 3.63) is 65.2 Å². The Kier molecular flexibility index (Phi) is 13.5. The normalized spacial score (nSPS) is 11.6. The monoisotopic (exact) mass is 530 g/mol. The van der Waals surface area contributed by atoms with Crippen LogP contribution in [0.15, 0.2) is 59.6 Å². The highest BCUT2D eigenvalue weighted by Crippen LogP contribution is 2.27. The predicted octanol–water partition coefficient (Wildman–Crippen LogP) is 8.78. The molecule has 0 bridgehead atoms. The van der Waals surface area contributed by atoms with Crippen LogP contribution in [0.3, 0.4) is 0 Å². The topological polar surface area (TPSA) is 44.8 Å². The van der Waals surface area contributed by atoms with Gasteiger partial charge < -0.3 is 14.2 Å². The Morgan fingerprint density at radius 2 is 1.59 bits per heavy atom. The first-order chi connectivity index (χ1) is 16.5. The van der Waals surface area contributed by atoms with Crippen molar-refractivity contribution >= 4 is 21.9 Å². The number of hydrogen-bond donors (Lipinski definition) is 0. The van der Waals surface area contributed by atoms with Crippen LogP contribution in [0.25, 0.3) is 0 Å². The van der Waals surface area contributed by atoms with Gasteiger partial charge in [-0.1, -0.05) is 58.4 Å². The van der Waals surface area contributed by atoms with E-state index >= 15 is 0 Å². The Bertz CT molecular complexity index is 863. The molecule has 186 valence electrons. The minimum atomic E-state index is -0.409. The molecule has 2 aromatic rings. The fourth-order valence-corrected chi connectivity index (χ4v) is 3.82. The summed E-state index contributed by atoms with van der Waals surface area (Å²) in [6.07, 6.45) is 12.8. The molecule has 0 radical (unpaired) electrons. The summed E-state index contributed by atoms with van der Waals surface area (Å²) in [7, 11) is 0. The van der Waals surface area contributed by atoms with Gasteiger partial charge in [-0.3, -0.25) is 0 Å². The molecule has 1 atom stereocenters. The Morgan fingerprint density at radius 1 is 0.941 bits per heavy atom. The van der Waals surface area contributed by atoms with Crippen molar-refractivity contribution in [3.63, 3.8) is 0 Å². The summed E-state index contributed by atoms with van der Waals surface area (Å²) in [6.45, 7) is 9.40. The number of benzene rings is 2. The lowest BCUT2D eigenvalue weighted by Crippen LogP contribution is -2.09. The minimum absolute atomic E-state index is 0.409. The third kappa shape index (κ3) is 10.8. The van der Waals surface area contributed by atoms with Crippen LogP contribution in [0, 0.1) is 5.92 Å². The molecule has 0 spiro atoms. The number of hydrogen-bond acceptors (Lipinski definition) is 4. The van der Waals surface area contributed by atoms with E-state index in [9.17, 15) is 4.79 Å². The first-order valence-electron chi connectivity index (χ1n) is 12.5. The van der Waals surface area contributed by atoms with Gasteiger partial charge in [-0.15, -0.1) is 6.58 Å². The SMILES string of the molecule is C=CCCCCCCCCCOc1ccc(C(=O)Oc2ccc(OC[C@@H](C)CC)cc2)cc1Br. The molecule has 4 nitrogen and oxygen atoms in total. The molecule has 0 aliphatic carbocycles. The third-order valence-electron chi connectivity index (χ3n) is 5.74. The van der Waals surface area contributed by atoms with E-state index in [0.717, 1.165) is 35.2 Å². The van der Waals surface area contributed by atoms with Crippen molar-refractivity contribution in [1.29, 1.82) is 0 Å². The zero-order valence-corrected chi connectivity index (χ0v) is 22.3. The molecule has 0 amide bonds. The maximum atomic E-state index is 12.5. The number of halogens is 1. The summed E-state index contributed by atoms with van der Waals surface area (Å²) in [5, 5.41) is 0. The molecule has 0 saturated heterocycles. The van der Waals surface area contributed by atoms with Gasteiger partial charge >= 0.3 is 5.97 Å². The predicted molar refractivity (Wildman–Crippen MR) is 143 cm³/mol. The Hall–Kier alpha value is -2.27. The van der Waals surface area contributed by atoms with Crippen LogP contribution in [0.4, 0.5) is 0 Å². The van der Waals surface area contributed by atoms with Crippen LogP contribution in [-0.4, -0.2) is 19.2 Å². The van der Waals surface area contributed by atoms with Crippen LogP contribution >= 0.6 is 15.9 Å². The Labute approximate surface area is 213 Å². The highest BCUT2D eigenvalue weighted by molar-refractivity contribution is 9.10. The smallest absolute Gasteiger partial charge is 0.343 e. The van der Waals surface area contributed by atoms with Gasteiger partial charge in [0.2, 0.25) is 0 Å². The number of esters is 1. The maximum Gasteiger partial charge on any atom is 0.343 e. The van der Waals surface area contributed by atoms with Gasteiger partial charge in [0, 0.05) is 0 Å². The van der Waals surface area contributed by atoms with Crippen LogP contribution in [0.2, 0.25) is 0 Å². The Balaban J connectivity index is 1.71. The molecule has 0 aliphatic rings. The number of carbonyl (C=O) groups is 1. The number of allylic oxidation sites excluding steroid dienone is 1. The largest absolute Gasteiger partial charge is 0.493 e. The van der Waals surface area contributed by atoms with E-state index in [4.69, 9.17) is 14.2 Å². The molecule has 34 heavy (non-hydrogen) atoms. The third-order valence-corrected chi connectivity index (χ3v) is 6.36. The highest BCUT2D eigenvalue weighted by atomic mass is 79.9. The highest BCUT2D eigenvalue weighted by Gasteiger charge is 2.12. The van der Waals surface area contributed by atoms with E-state index in [0.29, 0.717) is 30.4 Å². The molecule has 0 fully saturated rings. The summed E-state index contributed by atoms with van der Waals surface area (Å²) >= 11 is 3.51. The van der Waals surface area contributed by atoms with E-state index in [-0.39, 0.29) is 0 Å². The number of unbranched alkanes of at least 4 members (excludes halogenated alkanes) is 7. The lowest BCUT2D eigenvalue weighted by molar-refractivity contribution is 0.0734. The molecule has 2 rings (SSSR count). The average Bonchev–Trinajstić information content (AvgIpc) is 2.85. The van der Waals surface area contributed by atoms with Crippen molar-refractivity contribution < 1.29 is 19.0 Å². The summed E-state index contributed by atoms with van der Waals surface area (Å²) < 4.78 is 17.9. The zero-order chi connectivity index (χ0) is 24.6. The maximum absolute atomic E-state index is 12.5. The second-order valence-electron chi connectivity index (χ2n) is 8.73. The standard InChI is InChI=1S/C29H39BrO4/c1-4-6-7-8-9-10-11-12-13-20-32-28-19-14-24(21-27(28)30)29(31)34-26-17-15-25(16-18-26)33-22-23(3)5-2/h4,14-19,21,23H,1,5-13,20,22H2,2-3H3/t23-/m0/s1. The van der Waals surface area contributed by atoms with E-state index in [1.165, 1.54) is 38.5 Å². The van der Waals surface area contributed by atoms with Gasteiger partial charge in [0.05, 0.1) is 23.2 Å². The average molecular weight is 532 g/mol. The van der Waals surface area contributed by atoms with Gasteiger partial charge in [0.15, 0.2) is 0 Å².